The molecule has 1 saturated heterocycles. The summed E-state index contributed by atoms with van der Waals surface area (Å²) >= 11 is 5.21. The third kappa shape index (κ3) is 5.22. The number of nitrogen functional groups attached to an aromatic ring is 1. The highest BCUT2D eigenvalue weighted by atomic mass is 32.2. The Kier molecular flexibility index (Phi) is 7.80. The summed E-state index contributed by atoms with van der Waals surface area (Å²) in [6.07, 6.45) is 0. The number of aliphatic carboxylic acids is 1. The second-order valence-electron chi connectivity index (χ2n) is 6.91. The normalized spacial score (nSPS) is 19.9. The van der Waals surface area contributed by atoms with Crippen molar-refractivity contribution in [2.45, 2.75) is 20.1 Å². The van der Waals surface area contributed by atoms with Crippen molar-refractivity contribution in [3.8, 4) is 0 Å². The molecule has 0 spiro atoms. The first kappa shape index (κ1) is 25.2. The topological polar surface area (TPSA) is 210 Å². The van der Waals surface area contributed by atoms with E-state index >= 15 is 0 Å². The van der Waals surface area contributed by atoms with Crippen LogP contribution >= 0.6 is 46.6 Å². The van der Waals surface area contributed by atoms with Crippen LogP contribution in [0.15, 0.2) is 42.6 Å². The number of carbonyl (C=O) groups excluding carboxylic acids is 2. The van der Waals surface area contributed by atoms with Crippen LogP contribution in [0.4, 0.5) is 5.82 Å². The number of fused-ring (bicyclic) bond motifs is 1. The number of nitrogens with two attached hydrogens (primary N) is 2. The maximum absolute atomic E-state index is 12.9. The largest absolute Gasteiger partial charge is 0.477 e. The van der Waals surface area contributed by atoms with E-state index in [2.05, 4.69) is 25.7 Å². The van der Waals surface area contributed by atoms with Crippen molar-refractivity contribution in [3.05, 3.63) is 34.5 Å². The van der Waals surface area contributed by atoms with Gasteiger partial charge in [0.05, 0.1) is 0 Å². The van der Waals surface area contributed by atoms with E-state index in [1.165, 1.54) is 53.1 Å². The van der Waals surface area contributed by atoms with Crippen LogP contribution in [0.5, 0.6) is 0 Å². The lowest BCUT2D eigenvalue weighted by atomic mass is 10.0. The van der Waals surface area contributed by atoms with E-state index in [0.29, 0.717) is 21.5 Å². The number of rotatable bonds is 9. The fourth-order valence-corrected chi connectivity index (χ4v) is 7.72. The molecule has 2 aliphatic rings. The highest BCUT2D eigenvalue weighted by Crippen LogP contribution is 2.46. The maximum Gasteiger partial charge on any atom is 0.353 e. The summed E-state index contributed by atoms with van der Waals surface area (Å²) in [5.74, 6) is -1.62. The van der Waals surface area contributed by atoms with Gasteiger partial charge in [-0.05, 0) is 12.1 Å². The van der Waals surface area contributed by atoms with Crippen molar-refractivity contribution < 1.29 is 24.7 Å². The third-order valence-corrected chi connectivity index (χ3v) is 9.38. The van der Waals surface area contributed by atoms with Crippen LogP contribution in [-0.2, 0) is 14.4 Å². The number of pyridine rings is 1. The number of hydrogen-bond acceptors (Lipinski definition) is 14. The number of nitrogens with zero attached hydrogens (tertiary/aromatic N) is 5. The van der Waals surface area contributed by atoms with Gasteiger partial charge in [0, 0.05) is 23.0 Å². The lowest BCUT2D eigenvalue weighted by Gasteiger charge is -2.49. The summed E-state index contributed by atoms with van der Waals surface area (Å²) < 4.78 is 1.27. The Morgan fingerprint density at radius 1 is 1.31 bits per heavy atom. The fourth-order valence-electron chi connectivity index (χ4n) is 3.22. The smallest absolute Gasteiger partial charge is 0.353 e. The Bertz CT molecular complexity index is 1230. The minimum absolute atomic E-state index is 0.0239. The van der Waals surface area contributed by atoms with Gasteiger partial charge in [0.15, 0.2) is 14.4 Å². The van der Waals surface area contributed by atoms with E-state index in [-0.39, 0.29) is 23.0 Å². The molecule has 17 heteroatoms. The first-order valence-electron chi connectivity index (χ1n) is 9.85. The van der Waals surface area contributed by atoms with Crippen LogP contribution in [0.3, 0.4) is 0 Å². The molecular formula is C18H18N8O5S4. The zero-order valence-corrected chi connectivity index (χ0v) is 20.9. The van der Waals surface area contributed by atoms with Gasteiger partial charge < -0.3 is 27.1 Å². The van der Waals surface area contributed by atoms with Gasteiger partial charge in [-0.15, -0.1) is 22.0 Å². The van der Waals surface area contributed by atoms with Crippen molar-refractivity contribution in [2.75, 3.05) is 23.8 Å². The van der Waals surface area contributed by atoms with Gasteiger partial charge in [0.25, 0.3) is 11.8 Å². The lowest BCUT2D eigenvalue weighted by molar-refractivity contribution is -0.150. The van der Waals surface area contributed by atoms with E-state index in [4.69, 9.17) is 11.5 Å². The quantitative estimate of drug-likeness (QED) is 0.0925. The molecule has 2 aromatic rings. The highest BCUT2D eigenvalue weighted by Gasteiger charge is 2.54. The molecule has 0 aliphatic carbocycles. The molecule has 2 atom stereocenters. The van der Waals surface area contributed by atoms with Gasteiger partial charge in [-0.25, -0.2) is 9.78 Å². The maximum atomic E-state index is 12.9. The molecule has 0 bridgehead atoms. The van der Waals surface area contributed by atoms with Crippen molar-refractivity contribution in [1.29, 1.82) is 0 Å². The molecule has 13 nitrogen and oxygen atoms in total. The number of carbonyl (C=O) groups is 3. The average molecular weight is 555 g/mol. The Balaban J connectivity index is 1.49. The molecule has 0 saturated carbocycles. The molecule has 0 aromatic carbocycles. The van der Waals surface area contributed by atoms with Gasteiger partial charge in [-0.2, -0.15) is 0 Å². The van der Waals surface area contributed by atoms with Gasteiger partial charge in [0.1, 0.15) is 28.6 Å². The number of thioether (sulfide) groups is 3. The monoisotopic (exact) mass is 554 g/mol. The van der Waals surface area contributed by atoms with Crippen LogP contribution < -0.4 is 16.8 Å². The molecule has 4 heterocycles. The number of carboxylic acids is 1. The summed E-state index contributed by atoms with van der Waals surface area (Å²) in [5, 5.41) is 32.1. The standard InChI is InChI=1S/C18H18N8O5S4/c19-4-5-32-17-23-24-18(35-17)34-8-6-33-15-11(14(28)26(15)12(8)16(29)30)22-13(27)10(25-31)7-2-1-3-9(20)21-7/h1-3,11,15,31H,4-6,19H2,(H2,20,21)(H,22,27)(H,29,30)/b25-10+/t11-,15?/m1/s1. The first-order valence-corrected chi connectivity index (χ1v) is 13.5. The minimum Gasteiger partial charge on any atom is -0.477 e. The number of amides is 2. The number of β-lactam (4-membered cyclic amide) rings is 1. The van der Waals surface area contributed by atoms with Crippen LogP contribution in [0, 0.1) is 0 Å². The Morgan fingerprint density at radius 2 is 2.09 bits per heavy atom. The predicted molar refractivity (Wildman–Crippen MR) is 132 cm³/mol. The Morgan fingerprint density at radius 3 is 2.77 bits per heavy atom. The van der Waals surface area contributed by atoms with Crippen molar-refractivity contribution >= 4 is 75.9 Å². The van der Waals surface area contributed by atoms with Crippen molar-refractivity contribution in [1.82, 2.24) is 25.4 Å². The molecule has 2 amide bonds. The van der Waals surface area contributed by atoms with Crippen molar-refractivity contribution in [2.24, 2.45) is 10.9 Å². The van der Waals surface area contributed by atoms with Gasteiger partial charge in [0.2, 0.25) is 0 Å². The third-order valence-electron chi connectivity index (χ3n) is 4.69. The van der Waals surface area contributed by atoms with Crippen molar-refractivity contribution in [3.63, 3.8) is 0 Å². The summed E-state index contributed by atoms with van der Waals surface area (Å²) in [6, 6.07) is 3.45. The molecule has 35 heavy (non-hydrogen) atoms. The molecule has 0 radical (unpaired) electrons. The summed E-state index contributed by atoms with van der Waals surface area (Å²) in [4.78, 5) is 43.2. The fraction of sp³-hybridized carbons (Fsp3) is 0.278. The molecule has 1 fully saturated rings. The highest BCUT2D eigenvalue weighted by molar-refractivity contribution is 8.07. The van der Waals surface area contributed by atoms with Gasteiger partial charge >= 0.3 is 5.97 Å². The van der Waals surface area contributed by atoms with Crippen LogP contribution in [0.1, 0.15) is 5.69 Å². The van der Waals surface area contributed by atoms with E-state index in [1.807, 2.05) is 0 Å². The Labute approximate surface area is 214 Å². The first-order chi connectivity index (χ1) is 16.8. The van der Waals surface area contributed by atoms with Gasteiger partial charge in [-0.3, -0.25) is 14.5 Å². The molecule has 184 valence electrons. The molecule has 4 rings (SSSR count). The second kappa shape index (κ2) is 10.8. The summed E-state index contributed by atoms with van der Waals surface area (Å²) in [5.41, 5.74) is 10.6. The Hall–Kier alpha value is -2.86. The SMILES string of the molecule is NCCSc1nnc(SC2=C(C(=O)O)N3C(=O)[C@@H](NC(=O)/C(=N/O)c4cccc(N)n4)C3SC2)s1. The van der Waals surface area contributed by atoms with Gasteiger partial charge in [-0.1, -0.05) is 46.1 Å². The van der Waals surface area contributed by atoms with Crippen LogP contribution in [0.25, 0.3) is 0 Å². The number of nitrogens with one attached hydrogen (secondary N) is 1. The van der Waals surface area contributed by atoms with E-state index in [9.17, 15) is 24.7 Å². The summed E-state index contributed by atoms with van der Waals surface area (Å²) in [6.45, 7) is 0.495. The number of carboxylic acid groups (broad SMARTS) is 1. The van der Waals surface area contributed by atoms with E-state index in [1.54, 1.807) is 0 Å². The number of oxime groups is 1. The predicted octanol–water partition coefficient (Wildman–Crippen LogP) is 0.233. The van der Waals surface area contributed by atoms with E-state index < -0.39 is 34.9 Å². The molecule has 2 aliphatic heterocycles. The second-order valence-corrected chi connectivity index (χ2v) is 11.7. The number of anilines is 1. The van der Waals surface area contributed by atoms with E-state index in [0.717, 1.165) is 21.0 Å². The molecule has 1 unspecified atom stereocenters. The molecule has 7 N–H and O–H groups in total. The minimum atomic E-state index is -1.26. The number of hydrogen-bond donors (Lipinski definition) is 5. The average Bonchev–Trinajstić information content (AvgIpc) is 3.28. The molecule has 2 aromatic heterocycles. The van der Waals surface area contributed by atoms with Crippen LogP contribution in [-0.4, -0.2) is 83.4 Å². The molecular weight excluding hydrogens is 537 g/mol. The lowest BCUT2D eigenvalue weighted by Crippen LogP contribution is -2.71. The zero-order valence-electron chi connectivity index (χ0n) is 17.7. The number of aromatic nitrogens is 3. The van der Waals surface area contributed by atoms with Crippen LogP contribution in [0.2, 0.25) is 0 Å². The summed E-state index contributed by atoms with van der Waals surface area (Å²) in [7, 11) is 0. The zero-order chi connectivity index (χ0) is 25.1.